The number of nitrogens with zero attached hydrogens (tertiary/aromatic N) is 1. The number of hydrogen-bond donors (Lipinski definition) is 1. The van der Waals surface area contributed by atoms with Crippen LogP contribution in [0, 0.1) is 0 Å². The standard InChI is InChI=1S/C15H10Br2N2O/c16-11-7-4-8-12(9-11)19-15(20)13(17)14(18-19)10-5-2-1-3-6-10/h1-9,18H. The second-order valence-electron chi connectivity index (χ2n) is 4.29. The van der Waals surface area contributed by atoms with Crippen molar-refractivity contribution >= 4 is 31.9 Å². The van der Waals surface area contributed by atoms with Crippen molar-refractivity contribution < 1.29 is 0 Å². The van der Waals surface area contributed by atoms with E-state index in [-0.39, 0.29) is 5.56 Å². The van der Waals surface area contributed by atoms with Gasteiger partial charge in [-0.05, 0) is 34.1 Å². The molecule has 3 aromatic rings. The van der Waals surface area contributed by atoms with Gasteiger partial charge in [0.05, 0.1) is 11.4 Å². The molecule has 0 fully saturated rings. The summed E-state index contributed by atoms with van der Waals surface area (Å²) in [6.45, 7) is 0. The number of H-pyrrole nitrogens is 1. The highest BCUT2D eigenvalue weighted by molar-refractivity contribution is 9.10. The van der Waals surface area contributed by atoms with Crippen LogP contribution in [0.1, 0.15) is 0 Å². The number of hydrogen-bond acceptors (Lipinski definition) is 1. The maximum Gasteiger partial charge on any atom is 0.286 e. The number of aromatic nitrogens is 2. The molecule has 20 heavy (non-hydrogen) atoms. The minimum atomic E-state index is -0.109. The van der Waals surface area contributed by atoms with Crippen molar-refractivity contribution in [3.8, 4) is 16.9 Å². The summed E-state index contributed by atoms with van der Waals surface area (Å²) in [5, 5.41) is 3.15. The molecule has 1 N–H and O–H groups in total. The number of nitrogens with one attached hydrogen (secondary N) is 1. The van der Waals surface area contributed by atoms with Crippen LogP contribution in [0.15, 0.2) is 68.3 Å². The number of benzene rings is 2. The van der Waals surface area contributed by atoms with Crippen LogP contribution in [0.3, 0.4) is 0 Å². The minimum absolute atomic E-state index is 0.109. The lowest BCUT2D eigenvalue weighted by Gasteiger charge is -2.02. The van der Waals surface area contributed by atoms with Crippen molar-refractivity contribution in [2.75, 3.05) is 0 Å². The van der Waals surface area contributed by atoms with E-state index in [4.69, 9.17) is 0 Å². The molecule has 5 heteroatoms. The van der Waals surface area contributed by atoms with E-state index in [2.05, 4.69) is 37.0 Å². The monoisotopic (exact) mass is 392 g/mol. The van der Waals surface area contributed by atoms with Gasteiger partial charge < -0.3 is 0 Å². The second kappa shape index (κ2) is 5.42. The van der Waals surface area contributed by atoms with E-state index in [1.807, 2.05) is 54.6 Å². The summed E-state index contributed by atoms with van der Waals surface area (Å²) in [7, 11) is 0. The molecular formula is C15H10Br2N2O. The Morgan fingerprint density at radius 1 is 0.950 bits per heavy atom. The number of aromatic amines is 1. The lowest BCUT2D eigenvalue weighted by atomic mass is 10.2. The highest BCUT2D eigenvalue weighted by atomic mass is 79.9. The SMILES string of the molecule is O=c1c(Br)c(-c2ccccc2)[nH]n1-c1cccc(Br)c1. The van der Waals surface area contributed by atoms with Gasteiger partial charge in [0.25, 0.3) is 5.56 Å². The van der Waals surface area contributed by atoms with Crippen molar-refractivity contribution in [2.45, 2.75) is 0 Å². The summed E-state index contributed by atoms with van der Waals surface area (Å²) in [6, 6.07) is 17.3. The first-order valence-corrected chi connectivity index (χ1v) is 7.57. The van der Waals surface area contributed by atoms with Crippen LogP contribution in [0.5, 0.6) is 0 Å². The first-order chi connectivity index (χ1) is 9.66. The molecule has 0 unspecified atom stereocenters. The molecule has 0 saturated carbocycles. The Labute approximate surface area is 132 Å². The summed E-state index contributed by atoms with van der Waals surface area (Å²) in [5.74, 6) is 0. The Balaban J connectivity index is 2.18. The highest BCUT2D eigenvalue weighted by Crippen LogP contribution is 2.24. The highest BCUT2D eigenvalue weighted by Gasteiger charge is 2.14. The van der Waals surface area contributed by atoms with Gasteiger partial charge in [-0.2, -0.15) is 0 Å². The molecule has 0 aliphatic rings. The smallest absolute Gasteiger partial charge is 0.286 e. The second-order valence-corrected chi connectivity index (χ2v) is 6.00. The van der Waals surface area contributed by atoms with Crippen molar-refractivity contribution in [1.82, 2.24) is 9.78 Å². The molecule has 0 amide bonds. The Morgan fingerprint density at radius 3 is 2.40 bits per heavy atom. The lowest BCUT2D eigenvalue weighted by Crippen LogP contribution is -2.14. The molecule has 0 aliphatic heterocycles. The first-order valence-electron chi connectivity index (χ1n) is 5.98. The Bertz CT molecular complexity index is 806. The van der Waals surface area contributed by atoms with E-state index in [0.29, 0.717) is 4.47 Å². The first kappa shape index (κ1) is 13.4. The summed E-state index contributed by atoms with van der Waals surface area (Å²) in [4.78, 5) is 12.3. The van der Waals surface area contributed by atoms with E-state index in [1.165, 1.54) is 4.68 Å². The van der Waals surface area contributed by atoms with Crippen LogP contribution >= 0.6 is 31.9 Å². The Hall–Kier alpha value is -1.59. The van der Waals surface area contributed by atoms with Gasteiger partial charge in [0.1, 0.15) is 4.47 Å². The fourth-order valence-electron chi connectivity index (χ4n) is 2.01. The third-order valence-corrected chi connectivity index (χ3v) is 4.19. The van der Waals surface area contributed by atoms with E-state index >= 15 is 0 Å². The van der Waals surface area contributed by atoms with Crippen molar-refractivity contribution in [3.05, 3.63) is 73.9 Å². The maximum atomic E-state index is 12.3. The van der Waals surface area contributed by atoms with Gasteiger partial charge >= 0.3 is 0 Å². The number of halogens is 2. The fourth-order valence-corrected chi connectivity index (χ4v) is 2.89. The molecular weight excluding hydrogens is 384 g/mol. The van der Waals surface area contributed by atoms with Crippen LogP contribution in [-0.4, -0.2) is 9.78 Å². The number of rotatable bonds is 2. The normalized spacial score (nSPS) is 10.7. The fraction of sp³-hybridized carbons (Fsp3) is 0. The zero-order valence-corrected chi connectivity index (χ0v) is 13.5. The molecule has 0 saturated heterocycles. The van der Waals surface area contributed by atoms with Gasteiger partial charge in [-0.15, -0.1) is 0 Å². The van der Waals surface area contributed by atoms with Crippen LogP contribution in [0.4, 0.5) is 0 Å². The Morgan fingerprint density at radius 2 is 1.70 bits per heavy atom. The van der Waals surface area contributed by atoms with Crippen molar-refractivity contribution in [2.24, 2.45) is 0 Å². The maximum absolute atomic E-state index is 12.3. The molecule has 100 valence electrons. The lowest BCUT2D eigenvalue weighted by molar-refractivity contribution is 0.851. The summed E-state index contributed by atoms with van der Waals surface area (Å²) in [6.07, 6.45) is 0. The third kappa shape index (κ3) is 2.39. The predicted molar refractivity (Wildman–Crippen MR) is 87.2 cm³/mol. The van der Waals surface area contributed by atoms with E-state index in [0.717, 1.165) is 21.4 Å². The Kier molecular flexibility index (Phi) is 3.63. The molecule has 0 spiro atoms. The zero-order valence-electron chi connectivity index (χ0n) is 10.3. The molecule has 3 rings (SSSR count). The molecule has 0 atom stereocenters. The summed E-state index contributed by atoms with van der Waals surface area (Å²) < 4.78 is 2.98. The molecule has 0 bridgehead atoms. The van der Waals surface area contributed by atoms with Gasteiger partial charge in [0.2, 0.25) is 0 Å². The summed E-state index contributed by atoms with van der Waals surface area (Å²) >= 11 is 6.79. The van der Waals surface area contributed by atoms with Crippen LogP contribution in [-0.2, 0) is 0 Å². The molecule has 0 radical (unpaired) electrons. The van der Waals surface area contributed by atoms with Crippen molar-refractivity contribution in [1.29, 1.82) is 0 Å². The van der Waals surface area contributed by atoms with Gasteiger partial charge in [-0.25, -0.2) is 4.68 Å². The largest absolute Gasteiger partial charge is 0.289 e. The van der Waals surface area contributed by atoms with Gasteiger partial charge in [-0.3, -0.25) is 9.89 Å². The third-order valence-electron chi connectivity index (χ3n) is 2.96. The topological polar surface area (TPSA) is 37.8 Å². The van der Waals surface area contributed by atoms with E-state index < -0.39 is 0 Å². The van der Waals surface area contributed by atoms with Crippen molar-refractivity contribution in [3.63, 3.8) is 0 Å². The van der Waals surface area contributed by atoms with Gasteiger partial charge in [0, 0.05) is 10.0 Å². The van der Waals surface area contributed by atoms with Gasteiger partial charge in [0.15, 0.2) is 0 Å². The molecule has 1 heterocycles. The minimum Gasteiger partial charge on any atom is -0.289 e. The van der Waals surface area contributed by atoms with Crippen LogP contribution in [0.2, 0.25) is 0 Å². The van der Waals surface area contributed by atoms with Crippen LogP contribution < -0.4 is 5.56 Å². The molecule has 3 nitrogen and oxygen atoms in total. The molecule has 1 aromatic heterocycles. The molecule has 2 aromatic carbocycles. The summed E-state index contributed by atoms with van der Waals surface area (Å²) in [5.41, 5.74) is 2.41. The quantitative estimate of drug-likeness (QED) is 0.690. The average molecular weight is 394 g/mol. The van der Waals surface area contributed by atoms with E-state index in [9.17, 15) is 4.79 Å². The molecule has 0 aliphatic carbocycles. The van der Waals surface area contributed by atoms with Crippen LogP contribution in [0.25, 0.3) is 16.9 Å². The average Bonchev–Trinajstić information content (AvgIpc) is 2.76. The predicted octanol–water partition coefficient (Wildman–Crippen LogP) is 4.36. The van der Waals surface area contributed by atoms with E-state index in [1.54, 1.807) is 0 Å². The zero-order chi connectivity index (χ0) is 14.1. The van der Waals surface area contributed by atoms with Gasteiger partial charge in [-0.1, -0.05) is 52.3 Å².